The summed E-state index contributed by atoms with van der Waals surface area (Å²) >= 11 is 1.29. The van der Waals surface area contributed by atoms with E-state index in [-0.39, 0.29) is 17.5 Å². The van der Waals surface area contributed by atoms with Gasteiger partial charge in [-0.2, -0.15) is 0 Å². The van der Waals surface area contributed by atoms with Crippen molar-refractivity contribution >= 4 is 32.6 Å². The fourth-order valence-electron chi connectivity index (χ4n) is 3.18. The highest BCUT2D eigenvalue weighted by atomic mass is 32.1. The van der Waals surface area contributed by atoms with Crippen molar-refractivity contribution in [1.82, 2.24) is 9.88 Å². The number of fused-ring (bicyclic) bond motifs is 1. The number of rotatable bonds is 6. The van der Waals surface area contributed by atoms with Crippen molar-refractivity contribution in [1.29, 1.82) is 0 Å². The maximum Gasteiger partial charge on any atom is 0.298 e. The average Bonchev–Trinajstić information content (AvgIpc) is 3.15. The van der Waals surface area contributed by atoms with Gasteiger partial charge in [0.15, 0.2) is 5.13 Å². The molecule has 2 aliphatic rings. The molecule has 150 valence electrons. The van der Waals surface area contributed by atoms with Crippen LogP contribution in [0.5, 0.6) is 0 Å². The van der Waals surface area contributed by atoms with Crippen LogP contribution >= 0.6 is 11.3 Å². The van der Waals surface area contributed by atoms with Crippen molar-refractivity contribution in [3.63, 3.8) is 0 Å². The molecule has 1 fully saturated rings. The van der Waals surface area contributed by atoms with Crippen LogP contribution in [-0.2, 0) is 19.0 Å². The van der Waals surface area contributed by atoms with Crippen LogP contribution in [0.3, 0.4) is 0 Å². The summed E-state index contributed by atoms with van der Waals surface area (Å²) in [5.41, 5.74) is 0.669. The van der Waals surface area contributed by atoms with Crippen molar-refractivity contribution < 1.29 is 23.4 Å². The van der Waals surface area contributed by atoms with Gasteiger partial charge in [-0.05, 0) is 24.6 Å². The zero-order chi connectivity index (χ0) is 19.3. The molecule has 28 heavy (non-hydrogen) atoms. The Morgan fingerprint density at radius 2 is 2.11 bits per heavy atom. The van der Waals surface area contributed by atoms with Gasteiger partial charge >= 0.3 is 0 Å². The van der Waals surface area contributed by atoms with Gasteiger partial charge in [-0.3, -0.25) is 14.6 Å². The second-order valence-corrected chi connectivity index (χ2v) is 7.58. The number of anilines is 1. The summed E-state index contributed by atoms with van der Waals surface area (Å²) in [6.07, 6.45) is 2.14. The third-order valence-corrected chi connectivity index (χ3v) is 5.68. The second kappa shape index (κ2) is 8.85. The Bertz CT molecular complexity index is 866. The molecule has 2 aromatic rings. The zero-order valence-electron chi connectivity index (χ0n) is 15.4. The van der Waals surface area contributed by atoms with Crippen molar-refractivity contribution in [2.45, 2.75) is 6.42 Å². The Hall–Kier alpha value is -2.23. The molecule has 1 amide bonds. The molecule has 0 bridgehead atoms. The van der Waals surface area contributed by atoms with E-state index in [2.05, 4.69) is 9.88 Å². The summed E-state index contributed by atoms with van der Waals surface area (Å²) in [4.78, 5) is 21.5. The van der Waals surface area contributed by atoms with Gasteiger partial charge in [0, 0.05) is 26.2 Å². The molecule has 9 heteroatoms. The van der Waals surface area contributed by atoms with Crippen LogP contribution in [0.15, 0.2) is 30.2 Å². The smallest absolute Gasteiger partial charge is 0.298 e. The van der Waals surface area contributed by atoms with E-state index in [1.54, 1.807) is 11.0 Å². The average molecular weight is 407 g/mol. The lowest BCUT2D eigenvalue weighted by Gasteiger charge is -2.28. The maximum atomic E-state index is 13.5. The zero-order valence-corrected chi connectivity index (χ0v) is 16.3. The van der Waals surface area contributed by atoms with Gasteiger partial charge in [-0.15, -0.1) is 0 Å². The van der Waals surface area contributed by atoms with Crippen LogP contribution in [-0.4, -0.2) is 68.4 Å². The van der Waals surface area contributed by atoms with Crippen LogP contribution in [0.2, 0.25) is 0 Å². The number of aromatic nitrogens is 1. The number of carbonyl (C=O) groups excluding carboxylic acids is 1. The molecule has 1 saturated heterocycles. The number of benzene rings is 1. The number of hydrogen-bond acceptors (Lipinski definition) is 7. The molecule has 2 aliphatic heterocycles. The summed E-state index contributed by atoms with van der Waals surface area (Å²) in [5.74, 6) is -0.441. The van der Waals surface area contributed by atoms with E-state index in [1.807, 2.05) is 0 Å². The highest BCUT2D eigenvalue weighted by Gasteiger charge is 2.26. The van der Waals surface area contributed by atoms with Crippen molar-refractivity contribution in [3.8, 4) is 0 Å². The second-order valence-electron chi connectivity index (χ2n) is 6.57. The minimum absolute atomic E-state index is 0.169. The number of amides is 1. The number of nitrogens with zero attached hydrogens (tertiary/aromatic N) is 3. The van der Waals surface area contributed by atoms with Gasteiger partial charge in [-0.25, -0.2) is 9.37 Å². The van der Waals surface area contributed by atoms with Gasteiger partial charge in [-0.1, -0.05) is 11.3 Å². The summed E-state index contributed by atoms with van der Waals surface area (Å²) in [6, 6.07) is 4.43. The van der Waals surface area contributed by atoms with E-state index < -0.39 is 0 Å². The Morgan fingerprint density at radius 1 is 1.25 bits per heavy atom. The summed E-state index contributed by atoms with van der Waals surface area (Å²) in [7, 11) is 0. The van der Waals surface area contributed by atoms with E-state index in [9.17, 15) is 9.18 Å². The fraction of sp³-hybridized carbons (Fsp3) is 0.474. The normalized spacial score (nSPS) is 17.7. The van der Waals surface area contributed by atoms with Crippen molar-refractivity contribution in [3.05, 3.63) is 36.0 Å². The third-order valence-electron chi connectivity index (χ3n) is 4.63. The first-order chi connectivity index (χ1) is 13.7. The molecule has 0 N–H and O–H groups in total. The largest absolute Gasteiger partial charge is 0.494 e. The summed E-state index contributed by atoms with van der Waals surface area (Å²) in [5, 5.41) is 0.530. The molecule has 0 unspecified atom stereocenters. The van der Waals surface area contributed by atoms with Gasteiger partial charge in [0.25, 0.3) is 5.91 Å². The molecule has 3 heterocycles. The van der Waals surface area contributed by atoms with Crippen LogP contribution in [0.25, 0.3) is 10.2 Å². The standard InChI is InChI=1S/C19H22FN3O4S/c20-14-2-3-15-17(12-14)28-19(21-15)23(18(24)16-13-26-10-11-27-16)5-1-4-22-6-8-25-9-7-22/h2-3,12-13H,1,4-11H2. The number of carbonyl (C=O) groups is 1. The monoisotopic (exact) mass is 407 g/mol. The highest BCUT2D eigenvalue weighted by molar-refractivity contribution is 7.22. The van der Waals surface area contributed by atoms with E-state index in [4.69, 9.17) is 14.2 Å². The van der Waals surface area contributed by atoms with Crippen molar-refractivity contribution in [2.75, 3.05) is 57.5 Å². The predicted octanol–water partition coefficient (Wildman–Crippen LogP) is 2.38. The first-order valence-corrected chi connectivity index (χ1v) is 10.1. The summed E-state index contributed by atoms with van der Waals surface area (Å²) in [6.45, 7) is 5.39. The predicted molar refractivity (Wildman–Crippen MR) is 104 cm³/mol. The van der Waals surface area contributed by atoms with Crippen LogP contribution in [0.4, 0.5) is 9.52 Å². The molecular formula is C19H22FN3O4S. The molecule has 1 aromatic heterocycles. The topological polar surface area (TPSA) is 64.1 Å². The number of morpholine rings is 1. The number of thiazole rings is 1. The molecule has 4 rings (SSSR count). The van der Waals surface area contributed by atoms with E-state index in [0.717, 1.165) is 39.3 Å². The van der Waals surface area contributed by atoms with Crippen LogP contribution in [0, 0.1) is 5.82 Å². The maximum absolute atomic E-state index is 13.5. The van der Waals surface area contributed by atoms with Gasteiger partial charge in [0.2, 0.25) is 5.76 Å². The van der Waals surface area contributed by atoms with Gasteiger partial charge < -0.3 is 14.2 Å². The molecular weight excluding hydrogens is 385 g/mol. The molecule has 0 radical (unpaired) electrons. The highest BCUT2D eigenvalue weighted by Crippen LogP contribution is 2.30. The summed E-state index contributed by atoms with van der Waals surface area (Å²) < 4.78 is 30.3. The molecule has 0 aliphatic carbocycles. The first kappa shape index (κ1) is 19.1. The van der Waals surface area contributed by atoms with E-state index in [1.165, 1.54) is 29.7 Å². The Labute approximate surface area is 166 Å². The molecule has 0 saturated carbocycles. The van der Waals surface area contributed by atoms with Gasteiger partial charge in [0.1, 0.15) is 25.3 Å². The lowest BCUT2D eigenvalue weighted by Crippen LogP contribution is -2.40. The lowest BCUT2D eigenvalue weighted by molar-refractivity contribution is -0.119. The van der Waals surface area contributed by atoms with Crippen molar-refractivity contribution in [2.24, 2.45) is 0 Å². The SMILES string of the molecule is O=C(C1=COCCO1)N(CCCN1CCOCC1)c1nc2ccc(F)cc2s1. The van der Waals surface area contributed by atoms with E-state index >= 15 is 0 Å². The fourth-order valence-corrected chi connectivity index (χ4v) is 4.19. The minimum Gasteiger partial charge on any atom is -0.494 e. The molecule has 7 nitrogen and oxygen atoms in total. The van der Waals surface area contributed by atoms with Crippen LogP contribution < -0.4 is 4.90 Å². The third kappa shape index (κ3) is 4.43. The molecule has 0 spiro atoms. The molecule has 1 aromatic carbocycles. The number of halogens is 1. The Kier molecular flexibility index (Phi) is 6.04. The number of ether oxygens (including phenoxy) is 3. The number of hydrogen-bond donors (Lipinski definition) is 0. The lowest BCUT2D eigenvalue weighted by atomic mass is 10.3. The Morgan fingerprint density at radius 3 is 2.89 bits per heavy atom. The first-order valence-electron chi connectivity index (χ1n) is 9.33. The quantitative estimate of drug-likeness (QED) is 0.733. The minimum atomic E-state index is -0.320. The molecule has 0 atom stereocenters. The van der Waals surface area contributed by atoms with Gasteiger partial charge in [0.05, 0.1) is 23.4 Å². The van der Waals surface area contributed by atoms with E-state index in [0.29, 0.717) is 35.1 Å². The Balaban J connectivity index is 1.52. The van der Waals surface area contributed by atoms with Crippen LogP contribution in [0.1, 0.15) is 6.42 Å².